The first-order valence-electron chi connectivity index (χ1n) is 9.39. The van der Waals surface area contributed by atoms with Crippen molar-refractivity contribution in [3.05, 3.63) is 88.7 Å². The average molecular weight is 367 g/mol. The van der Waals surface area contributed by atoms with E-state index in [1.807, 2.05) is 59.6 Å². The summed E-state index contributed by atoms with van der Waals surface area (Å²) in [7, 11) is 0. The minimum absolute atomic E-state index is 0.0491. The summed E-state index contributed by atoms with van der Waals surface area (Å²) in [5.74, 6) is 0.847. The van der Waals surface area contributed by atoms with Crippen LogP contribution in [0.2, 0.25) is 0 Å². The van der Waals surface area contributed by atoms with Crippen LogP contribution in [0.5, 0.6) is 5.75 Å². The second-order valence-corrected chi connectivity index (χ2v) is 7.44. The lowest BCUT2D eigenvalue weighted by molar-refractivity contribution is -0.122. The van der Waals surface area contributed by atoms with E-state index in [1.54, 1.807) is 6.20 Å². The number of para-hydroxylation sites is 1. The lowest BCUT2D eigenvalue weighted by atomic mass is 9.76. The first-order chi connectivity index (χ1) is 13.8. The summed E-state index contributed by atoms with van der Waals surface area (Å²) < 4.78 is 6.07. The molecule has 1 aromatic heterocycles. The zero-order chi connectivity index (χ0) is 18.7. The van der Waals surface area contributed by atoms with Crippen molar-refractivity contribution >= 4 is 17.8 Å². The number of carbonyl (C=O) groups excluding carboxylic acids is 1. The molecule has 1 unspecified atom stereocenters. The molecule has 3 aromatic rings. The molecule has 4 heterocycles. The molecule has 0 saturated heterocycles. The zero-order valence-electron chi connectivity index (χ0n) is 15.1. The van der Waals surface area contributed by atoms with Crippen molar-refractivity contribution in [1.82, 2.24) is 4.98 Å². The maximum absolute atomic E-state index is 13.8. The van der Waals surface area contributed by atoms with Crippen LogP contribution < -0.4 is 9.64 Å². The molecular formula is C23H17N3O2. The van der Waals surface area contributed by atoms with Crippen LogP contribution in [0.4, 0.5) is 5.69 Å². The van der Waals surface area contributed by atoms with E-state index in [9.17, 15) is 4.79 Å². The minimum Gasteiger partial charge on any atom is -0.491 e. The molecule has 0 radical (unpaired) electrons. The second kappa shape index (κ2) is 5.52. The van der Waals surface area contributed by atoms with Crippen molar-refractivity contribution in [3.63, 3.8) is 0 Å². The van der Waals surface area contributed by atoms with Crippen molar-refractivity contribution in [2.24, 2.45) is 4.99 Å². The number of aliphatic imine (C=N–C) groups is 1. The van der Waals surface area contributed by atoms with Crippen LogP contribution in [0.15, 0.2) is 65.8 Å². The van der Waals surface area contributed by atoms with Gasteiger partial charge in [-0.25, -0.2) is 0 Å². The standard InChI is InChI=1S/C23H17N3O2/c27-22-23(14-28-21-10-16-12-24-11-15(16)9-19(21)23)18-6-1-2-7-20(18)26(22)13-17-5-3-4-8-25-17/h1-11H,12-14H2. The third-order valence-electron chi connectivity index (χ3n) is 5.95. The van der Waals surface area contributed by atoms with E-state index in [0.29, 0.717) is 19.7 Å². The number of aromatic nitrogens is 1. The Morgan fingerprint density at radius 2 is 1.96 bits per heavy atom. The number of ether oxygens (including phenoxy) is 1. The number of pyridine rings is 1. The van der Waals surface area contributed by atoms with Crippen LogP contribution >= 0.6 is 0 Å². The molecule has 5 nitrogen and oxygen atoms in total. The van der Waals surface area contributed by atoms with Gasteiger partial charge in [-0.15, -0.1) is 0 Å². The molecule has 3 aliphatic heterocycles. The van der Waals surface area contributed by atoms with Gasteiger partial charge >= 0.3 is 0 Å². The Morgan fingerprint density at radius 3 is 2.86 bits per heavy atom. The Kier molecular flexibility index (Phi) is 3.07. The van der Waals surface area contributed by atoms with E-state index in [0.717, 1.165) is 39.4 Å². The third kappa shape index (κ3) is 1.93. The third-order valence-corrected chi connectivity index (χ3v) is 5.95. The molecule has 0 saturated carbocycles. The quantitative estimate of drug-likeness (QED) is 0.699. The number of hydrogen-bond acceptors (Lipinski definition) is 4. The molecule has 136 valence electrons. The molecule has 0 aliphatic carbocycles. The molecule has 2 aromatic carbocycles. The fourth-order valence-electron chi connectivity index (χ4n) is 4.59. The van der Waals surface area contributed by atoms with Gasteiger partial charge in [0.2, 0.25) is 5.91 Å². The number of anilines is 1. The normalized spacial score (nSPS) is 21.0. The van der Waals surface area contributed by atoms with Gasteiger partial charge in [-0.2, -0.15) is 0 Å². The highest BCUT2D eigenvalue weighted by molar-refractivity contribution is 6.11. The first-order valence-corrected chi connectivity index (χ1v) is 9.39. The number of fused-ring (bicyclic) bond motifs is 5. The molecular weight excluding hydrogens is 350 g/mol. The molecule has 0 fully saturated rings. The number of nitrogens with zero attached hydrogens (tertiary/aromatic N) is 3. The highest BCUT2D eigenvalue weighted by Gasteiger charge is 2.57. The molecule has 5 heteroatoms. The van der Waals surface area contributed by atoms with Gasteiger partial charge in [0, 0.05) is 23.7 Å². The monoisotopic (exact) mass is 367 g/mol. The highest BCUT2D eigenvalue weighted by Crippen LogP contribution is 2.53. The Labute approximate surface area is 162 Å². The lowest BCUT2D eigenvalue weighted by Crippen LogP contribution is -2.42. The van der Waals surface area contributed by atoms with Gasteiger partial charge in [-0.3, -0.25) is 14.8 Å². The van der Waals surface area contributed by atoms with Gasteiger partial charge in [0.05, 0.1) is 18.8 Å². The zero-order valence-corrected chi connectivity index (χ0v) is 15.1. The van der Waals surface area contributed by atoms with Crippen molar-refractivity contribution in [3.8, 4) is 5.75 Å². The molecule has 0 bridgehead atoms. The molecule has 1 spiro atoms. The first kappa shape index (κ1) is 15.6. The molecule has 3 aliphatic rings. The summed E-state index contributed by atoms with van der Waals surface area (Å²) in [5.41, 5.74) is 5.18. The number of amides is 1. The molecule has 1 atom stereocenters. The van der Waals surface area contributed by atoms with E-state index >= 15 is 0 Å². The second-order valence-electron chi connectivity index (χ2n) is 7.44. The van der Waals surface area contributed by atoms with Gasteiger partial charge in [0.15, 0.2) is 0 Å². The number of hydrogen-bond donors (Lipinski definition) is 0. The molecule has 28 heavy (non-hydrogen) atoms. The summed E-state index contributed by atoms with van der Waals surface area (Å²) in [6.07, 6.45) is 3.65. The highest BCUT2D eigenvalue weighted by atomic mass is 16.5. The molecule has 6 rings (SSSR count). The summed E-state index contributed by atoms with van der Waals surface area (Å²) in [6.45, 7) is 1.45. The van der Waals surface area contributed by atoms with Crippen molar-refractivity contribution in [1.29, 1.82) is 0 Å². The van der Waals surface area contributed by atoms with E-state index in [2.05, 4.69) is 16.0 Å². The Hall–Kier alpha value is -3.47. The smallest absolute Gasteiger partial charge is 0.246 e. The van der Waals surface area contributed by atoms with Gasteiger partial charge in [-0.05, 0) is 47.0 Å². The van der Waals surface area contributed by atoms with Crippen molar-refractivity contribution < 1.29 is 9.53 Å². The predicted octanol–water partition coefficient (Wildman–Crippen LogP) is 3.24. The topological polar surface area (TPSA) is 54.8 Å². The summed E-state index contributed by atoms with van der Waals surface area (Å²) in [6, 6.07) is 17.9. The van der Waals surface area contributed by atoms with Gasteiger partial charge in [0.1, 0.15) is 17.8 Å². The van der Waals surface area contributed by atoms with Crippen LogP contribution in [0.3, 0.4) is 0 Å². The fraction of sp³-hybridized carbons (Fsp3) is 0.174. The number of rotatable bonds is 2. The largest absolute Gasteiger partial charge is 0.491 e. The van der Waals surface area contributed by atoms with Crippen LogP contribution in [0, 0.1) is 0 Å². The van der Waals surface area contributed by atoms with E-state index in [-0.39, 0.29) is 5.91 Å². The van der Waals surface area contributed by atoms with Crippen LogP contribution in [-0.2, 0) is 23.3 Å². The van der Waals surface area contributed by atoms with Crippen LogP contribution in [0.1, 0.15) is 27.9 Å². The summed E-state index contributed by atoms with van der Waals surface area (Å²) in [4.78, 5) is 24.5. The van der Waals surface area contributed by atoms with E-state index in [1.165, 1.54) is 0 Å². The van der Waals surface area contributed by atoms with Crippen molar-refractivity contribution in [2.45, 2.75) is 18.5 Å². The van der Waals surface area contributed by atoms with Gasteiger partial charge in [-0.1, -0.05) is 24.3 Å². The summed E-state index contributed by atoms with van der Waals surface area (Å²) >= 11 is 0. The number of benzene rings is 2. The van der Waals surface area contributed by atoms with Crippen LogP contribution in [-0.4, -0.2) is 23.7 Å². The lowest BCUT2D eigenvalue weighted by Gasteiger charge is -2.23. The molecule has 0 N–H and O–H groups in total. The Balaban J connectivity index is 1.53. The number of carbonyl (C=O) groups is 1. The van der Waals surface area contributed by atoms with Crippen LogP contribution in [0.25, 0.3) is 0 Å². The predicted molar refractivity (Wildman–Crippen MR) is 106 cm³/mol. The molecule has 1 amide bonds. The maximum Gasteiger partial charge on any atom is 0.246 e. The van der Waals surface area contributed by atoms with Gasteiger partial charge in [0.25, 0.3) is 0 Å². The Morgan fingerprint density at radius 1 is 1.07 bits per heavy atom. The SMILES string of the molecule is O=C1N(Cc2ccccn2)c2ccccc2C12COc1cc3c(cc12)C=NC3. The fourth-order valence-corrected chi connectivity index (χ4v) is 4.59. The average Bonchev–Trinajstić information content (AvgIpc) is 3.40. The summed E-state index contributed by atoms with van der Waals surface area (Å²) in [5, 5.41) is 0. The maximum atomic E-state index is 13.8. The van der Waals surface area contributed by atoms with E-state index < -0.39 is 5.41 Å². The van der Waals surface area contributed by atoms with E-state index in [4.69, 9.17) is 4.74 Å². The minimum atomic E-state index is -0.799. The van der Waals surface area contributed by atoms with Crippen molar-refractivity contribution in [2.75, 3.05) is 11.5 Å². The van der Waals surface area contributed by atoms with Gasteiger partial charge < -0.3 is 9.64 Å². The Bertz CT molecular complexity index is 1160.